The predicted octanol–water partition coefficient (Wildman–Crippen LogP) is 3.92. The lowest BCUT2D eigenvalue weighted by Crippen LogP contribution is -2.35. The van der Waals surface area contributed by atoms with Gasteiger partial charge in [-0.3, -0.25) is 9.52 Å². The maximum atomic E-state index is 13.1. The number of hydrogen-bond acceptors (Lipinski definition) is 4. The topological polar surface area (TPSA) is 84.5 Å². The van der Waals surface area contributed by atoms with Crippen LogP contribution < -0.4 is 14.8 Å². The van der Waals surface area contributed by atoms with E-state index >= 15 is 0 Å². The average molecular weight is 455 g/mol. The van der Waals surface area contributed by atoms with Crippen molar-refractivity contribution in [2.24, 2.45) is 5.92 Å². The molecule has 8 heteroatoms. The Hall–Kier alpha value is -3.39. The lowest BCUT2D eigenvalue weighted by molar-refractivity contribution is 0.0938. The van der Waals surface area contributed by atoms with Crippen LogP contribution in [0.2, 0.25) is 0 Å². The molecule has 0 bridgehead atoms. The van der Waals surface area contributed by atoms with Crippen molar-refractivity contribution in [1.29, 1.82) is 0 Å². The molecule has 0 radical (unpaired) electrons. The molecule has 0 fully saturated rings. The van der Waals surface area contributed by atoms with Crippen molar-refractivity contribution in [1.82, 2.24) is 5.32 Å². The van der Waals surface area contributed by atoms with E-state index < -0.39 is 15.8 Å². The van der Waals surface area contributed by atoms with Gasteiger partial charge in [0.05, 0.1) is 11.5 Å². The van der Waals surface area contributed by atoms with Gasteiger partial charge in [0.1, 0.15) is 11.6 Å². The van der Waals surface area contributed by atoms with Gasteiger partial charge in [0.25, 0.3) is 15.9 Å². The fraction of sp³-hybridized carbons (Fsp3) is 0.208. The van der Waals surface area contributed by atoms with Crippen molar-refractivity contribution < 1.29 is 22.3 Å². The number of para-hydroxylation sites is 1. The second kappa shape index (κ2) is 9.00. The molecule has 1 amide bonds. The van der Waals surface area contributed by atoms with Crippen molar-refractivity contribution in [3.8, 4) is 5.75 Å². The summed E-state index contributed by atoms with van der Waals surface area (Å²) in [6.07, 6.45) is 0.797. The molecule has 3 aromatic carbocycles. The summed E-state index contributed by atoms with van der Waals surface area (Å²) in [5, 5.41) is 2.90. The first-order valence-corrected chi connectivity index (χ1v) is 11.7. The van der Waals surface area contributed by atoms with E-state index in [1.165, 1.54) is 36.4 Å². The normalized spacial score (nSPS) is 15.4. The number of sulfonamides is 1. The molecule has 32 heavy (non-hydrogen) atoms. The molecule has 0 saturated heterocycles. The lowest BCUT2D eigenvalue weighted by atomic mass is 9.96. The molecule has 3 aromatic rings. The van der Waals surface area contributed by atoms with Gasteiger partial charge in [-0.25, -0.2) is 12.8 Å². The molecule has 1 unspecified atom stereocenters. The van der Waals surface area contributed by atoms with E-state index in [4.69, 9.17) is 4.74 Å². The summed E-state index contributed by atoms with van der Waals surface area (Å²) in [6.45, 7) is 2.67. The minimum absolute atomic E-state index is 0.0486. The van der Waals surface area contributed by atoms with Gasteiger partial charge in [0, 0.05) is 23.7 Å². The number of carbonyl (C=O) groups is 1. The molecule has 0 aromatic heterocycles. The maximum absolute atomic E-state index is 13.1. The van der Waals surface area contributed by atoms with Gasteiger partial charge in [0.15, 0.2) is 0 Å². The van der Waals surface area contributed by atoms with E-state index in [-0.39, 0.29) is 28.0 Å². The zero-order chi connectivity index (χ0) is 22.7. The van der Waals surface area contributed by atoms with Crippen LogP contribution in [0.4, 0.5) is 10.1 Å². The highest BCUT2D eigenvalue weighted by atomic mass is 32.2. The molecular formula is C24H23FN2O4S. The van der Waals surface area contributed by atoms with Gasteiger partial charge in [-0.1, -0.05) is 24.3 Å². The monoisotopic (exact) mass is 454 g/mol. The quantitative estimate of drug-likeness (QED) is 0.591. The highest BCUT2D eigenvalue weighted by molar-refractivity contribution is 7.92. The summed E-state index contributed by atoms with van der Waals surface area (Å²) in [5.74, 6) is 0.188. The third-order valence-electron chi connectivity index (χ3n) is 5.37. The Morgan fingerprint density at radius 2 is 1.84 bits per heavy atom. The molecule has 0 aliphatic carbocycles. The Kier molecular flexibility index (Phi) is 6.14. The second-order valence-electron chi connectivity index (χ2n) is 7.79. The Bertz CT molecular complexity index is 1240. The first-order valence-electron chi connectivity index (χ1n) is 10.2. The molecule has 2 N–H and O–H groups in total. The van der Waals surface area contributed by atoms with Crippen LogP contribution in [0.25, 0.3) is 0 Å². The fourth-order valence-electron chi connectivity index (χ4n) is 3.60. The lowest BCUT2D eigenvalue weighted by Gasteiger charge is -2.25. The van der Waals surface area contributed by atoms with Gasteiger partial charge >= 0.3 is 0 Å². The van der Waals surface area contributed by atoms with Gasteiger partial charge in [0.2, 0.25) is 0 Å². The van der Waals surface area contributed by atoms with Crippen LogP contribution in [0.15, 0.2) is 71.6 Å². The predicted molar refractivity (Wildman–Crippen MR) is 120 cm³/mol. The number of carbonyl (C=O) groups excluding carboxylic acids is 1. The molecular weight excluding hydrogens is 431 g/mol. The van der Waals surface area contributed by atoms with E-state index in [1.807, 2.05) is 24.3 Å². The highest BCUT2D eigenvalue weighted by Crippen LogP contribution is 2.26. The Balaban J connectivity index is 1.45. The first kappa shape index (κ1) is 21.8. The van der Waals surface area contributed by atoms with E-state index in [1.54, 1.807) is 13.0 Å². The average Bonchev–Trinajstić information content (AvgIpc) is 2.79. The van der Waals surface area contributed by atoms with E-state index in [9.17, 15) is 17.6 Å². The SMILES string of the molecule is Cc1ccc(S(=O)(=O)Nc2ccc(F)cc2)cc1C(=O)NCC1COc2ccccc2C1. The van der Waals surface area contributed by atoms with Crippen LogP contribution in [-0.2, 0) is 16.4 Å². The van der Waals surface area contributed by atoms with Crippen molar-refractivity contribution in [3.05, 3.63) is 89.2 Å². The number of benzene rings is 3. The number of fused-ring (bicyclic) bond motifs is 1. The number of hydrogen-bond donors (Lipinski definition) is 2. The summed E-state index contributed by atoms with van der Waals surface area (Å²) >= 11 is 0. The van der Waals surface area contributed by atoms with Gasteiger partial charge in [-0.05, 0) is 66.9 Å². The summed E-state index contributed by atoms with van der Waals surface area (Å²) in [6, 6.07) is 17.2. The van der Waals surface area contributed by atoms with E-state index in [2.05, 4.69) is 10.0 Å². The Morgan fingerprint density at radius 1 is 1.09 bits per heavy atom. The van der Waals surface area contributed by atoms with Crippen LogP contribution in [0, 0.1) is 18.7 Å². The maximum Gasteiger partial charge on any atom is 0.261 e. The van der Waals surface area contributed by atoms with Gasteiger partial charge in [-0.2, -0.15) is 0 Å². The standard InChI is InChI=1S/C24H23FN2O4S/c1-16-6-11-21(32(29,30)27-20-9-7-19(25)8-10-20)13-22(16)24(28)26-14-17-12-18-4-2-3-5-23(18)31-15-17/h2-11,13,17,27H,12,14-15H2,1H3,(H,26,28). The highest BCUT2D eigenvalue weighted by Gasteiger charge is 2.22. The molecule has 166 valence electrons. The number of anilines is 1. The smallest absolute Gasteiger partial charge is 0.261 e. The van der Waals surface area contributed by atoms with Crippen LogP contribution in [0.5, 0.6) is 5.75 Å². The van der Waals surface area contributed by atoms with Crippen LogP contribution in [0.3, 0.4) is 0 Å². The number of ether oxygens (including phenoxy) is 1. The number of rotatable bonds is 6. The number of nitrogens with one attached hydrogen (secondary N) is 2. The van der Waals surface area contributed by atoms with Gasteiger partial charge < -0.3 is 10.1 Å². The molecule has 1 aliphatic heterocycles. The Labute approximate surface area is 186 Å². The molecule has 4 rings (SSSR count). The second-order valence-corrected chi connectivity index (χ2v) is 9.47. The summed E-state index contributed by atoms with van der Waals surface area (Å²) in [5.41, 5.74) is 2.28. The summed E-state index contributed by atoms with van der Waals surface area (Å²) in [4.78, 5) is 12.8. The third-order valence-corrected chi connectivity index (χ3v) is 6.75. The molecule has 6 nitrogen and oxygen atoms in total. The minimum atomic E-state index is -3.94. The van der Waals surface area contributed by atoms with Crippen LogP contribution in [-0.4, -0.2) is 27.5 Å². The number of amides is 1. The molecule has 0 saturated carbocycles. The van der Waals surface area contributed by atoms with Crippen molar-refractivity contribution >= 4 is 21.6 Å². The van der Waals surface area contributed by atoms with Crippen LogP contribution >= 0.6 is 0 Å². The molecule has 1 atom stereocenters. The Morgan fingerprint density at radius 3 is 2.62 bits per heavy atom. The zero-order valence-electron chi connectivity index (χ0n) is 17.5. The van der Waals surface area contributed by atoms with Crippen molar-refractivity contribution in [3.63, 3.8) is 0 Å². The largest absolute Gasteiger partial charge is 0.493 e. The van der Waals surface area contributed by atoms with E-state index in [0.717, 1.165) is 17.7 Å². The molecule has 1 aliphatic rings. The summed E-state index contributed by atoms with van der Waals surface area (Å²) < 4.78 is 46.7. The van der Waals surface area contributed by atoms with E-state index in [0.29, 0.717) is 18.7 Å². The minimum Gasteiger partial charge on any atom is -0.493 e. The first-order chi connectivity index (χ1) is 15.3. The molecule has 0 spiro atoms. The number of aryl methyl sites for hydroxylation is 1. The third kappa shape index (κ3) is 4.91. The zero-order valence-corrected chi connectivity index (χ0v) is 18.3. The summed E-state index contributed by atoms with van der Waals surface area (Å²) in [7, 11) is -3.94. The fourth-order valence-corrected chi connectivity index (χ4v) is 4.68. The molecule has 1 heterocycles. The van der Waals surface area contributed by atoms with Crippen LogP contribution in [0.1, 0.15) is 21.5 Å². The van der Waals surface area contributed by atoms with Gasteiger partial charge in [-0.15, -0.1) is 0 Å². The number of halogens is 1. The van der Waals surface area contributed by atoms with Crippen molar-refractivity contribution in [2.75, 3.05) is 17.9 Å². The van der Waals surface area contributed by atoms with Crippen molar-refractivity contribution in [2.45, 2.75) is 18.2 Å².